The predicted molar refractivity (Wildman–Crippen MR) is 522 cm³/mol. The van der Waals surface area contributed by atoms with Crippen LogP contribution in [-0.4, -0.2) is 72.6 Å². The van der Waals surface area contributed by atoms with Crippen LogP contribution < -0.4 is 34.0 Å². The summed E-state index contributed by atoms with van der Waals surface area (Å²) in [6.45, 7) is 53.7. The van der Waals surface area contributed by atoms with Crippen molar-refractivity contribution in [2.75, 3.05) is 97.1 Å². The minimum atomic E-state index is 0.0669. The van der Waals surface area contributed by atoms with Gasteiger partial charge in [-0.2, -0.15) is 52.6 Å². The fraction of sp³-hybridized carbons (Fsp3) is 0.481. The van der Waals surface area contributed by atoms with Crippen molar-refractivity contribution in [3.8, 4) is 72.2 Å². The van der Waals surface area contributed by atoms with Gasteiger partial charge in [-0.25, -0.2) is 0 Å². The Morgan fingerprint density at radius 1 is 0.320 bits per heavy atom. The smallest absolute Gasteiger partial charge is 0.130 e. The largest absolute Gasteiger partial charge is 0.496 e. The van der Waals surface area contributed by atoms with Crippen molar-refractivity contribution in [2.45, 2.75) is 228 Å². The first-order valence-electron chi connectivity index (χ1n) is 45.1. The maximum Gasteiger partial charge on any atom is 0.130 e. The molecule has 0 radical (unpaired) electrons. The minimum absolute atomic E-state index is 0.0669. The molecule has 0 aliphatic rings. The summed E-state index contributed by atoms with van der Waals surface area (Å²) in [6, 6.07) is 59.9. The maximum atomic E-state index is 8.97. The van der Waals surface area contributed by atoms with E-state index in [9.17, 15) is 0 Å². The number of nitrogens with zero attached hydrogens (tertiary/aromatic N) is 15. The molecule has 6 aromatic carbocycles. The van der Waals surface area contributed by atoms with E-state index in [0.717, 1.165) is 132 Å². The van der Waals surface area contributed by atoms with Crippen LogP contribution in [0.4, 0.5) is 34.1 Å². The van der Waals surface area contributed by atoms with E-state index in [-0.39, 0.29) is 27.9 Å². The molecule has 0 fully saturated rings. The highest BCUT2D eigenvalue weighted by Gasteiger charge is 2.19. The molecule has 17 heteroatoms. The zero-order chi connectivity index (χ0) is 93.2. The van der Waals surface area contributed by atoms with Crippen molar-refractivity contribution in [3.63, 3.8) is 0 Å². The SMILES string of the molecule is CC(C)COc1ccc(N(CC(C)C)c2ccc(C=C(C#N)C#N)cc2)cc1.CCCCC(CC)CN(CCCC)c1ccc(C=C(C#N)C#N)c(C)c1.CCCCCCCCN(CCCC)c1ccc(C=C(C#N)C#N)c(C)c1.COc1cc(N(CC(C)C)CC(C)C)ccc1C=C(C#N)C#N.Cc1cc(N(CC(C)C)CC(C)C)ccc1C=C(C#N)C#N. The highest BCUT2D eigenvalue weighted by atomic mass is 16.5. The summed E-state index contributed by atoms with van der Waals surface area (Å²) in [5.74, 6) is 5.57. The average Bonchev–Trinajstić information content (AvgIpc) is 0.854. The van der Waals surface area contributed by atoms with Gasteiger partial charge < -0.3 is 34.0 Å². The molecule has 662 valence electrons. The third-order valence-electron chi connectivity index (χ3n) is 20.3. The van der Waals surface area contributed by atoms with Crippen molar-refractivity contribution in [1.29, 1.82) is 52.6 Å². The van der Waals surface area contributed by atoms with E-state index in [1.165, 1.54) is 107 Å². The van der Waals surface area contributed by atoms with Crippen LogP contribution in [-0.2, 0) is 0 Å². The van der Waals surface area contributed by atoms with Gasteiger partial charge in [0.25, 0.3) is 0 Å². The van der Waals surface area contributed by atoms with Crippen LogP contribution >= 0.6 is 0 Å². The lowest BCUT2D eigenvalue weighted by Crippen LogP contribution is -2.31. The van der Waals surface area contributed by atoms with Gasteiger partial charge in [-0.1, -0.05) is 212 Å². The number of hydrogen-bond acceptors (Lipinski definition) is 17. The van der Waals surface area contributed by atoms with Gasteiger partial charge in [-0.15, -0.1) is 0 Å². The fourth-order valence-corrected chi connectivity index (χ4v) is 13.8. The number of hydrogen-bond donors (Lipinski definition) is 0. The lowest BCUT2D eigenvalue weighted by Gasteiger charge is -2.30. The summed E-state index contributed by atoms with van der Waals surface area (Å²) >= 11 is 0. The monoisotopic (exact) mass is 1680 g/mol. The van der Waals surface area contributed by atoms with Gasteiger partial charge in [-0.05, 0) is 242 Å². The number of rotatable bonds is 44. The first kappa shape index (κ1) is 109. The lowest BCUT2D eigenvalue weighted by molar-refractivity contribution is 0.271. The second kappa shape index (κ2) is 62.6. The lowest BCUT2D eigenvalue weighted by atomic mass is 9.97. The van der Waals surface area contributed by atoms with E-state index in [2.05, 4.69) is 191 Å². The summed E-state index contributed by atoms with van der Waals surface area (Å²) in [7, 11) is 1.60. The number of allylic oxidation sites excluding steroid dienone is 5. The quantitative estimate of drug-likeness (QED) is 0.0254. The van der Waals surface area contributed by atoms with Crippen LogP contribution in [0, 0.1) is 176 Å². The standard InChI is InChI=1S/C24H27N3O.2C23H33N3.C19H25N3O.C19H25N3/c1-18(2)16-27(23-9-11-24(12-10-23)28-17-19(3)4)22-7-5-20(6-8-22)13-21(14-25)15-26;1-5-8-10-20(7-3)18-26(13-9-6-2)23-12-11-22(19(4)14-23)15-21(16-24)17-25;1-4-6-8-9-10-11-15-26(14-7-5-2)23-13-12-22(20(3)16-23)17-21(18-24)19-25;1-14(2)12-22(13-15(3)4)18-7-6-17(19(9-18)23-5)8-16(10-20)11-21;1-14(2)12-22(13-15(3)4)19-7-6-18(16(5)8-19)9-17(10-20)11-21/h5-13,18-19H,16-17H2,1-4H3;11-12,14-15,20H,5-10,13,18H2,1-4H3;12-13,16-17H,4-11,14-15H2,1-3H3;6-9,14-15H,12-13H2,1-5H3;6-9,14-15H,12-13H2,1-5H3. The predicted octanol–water partition coefficient (Wildman–Crippen LogP) is 27.4. The van der Waals surface area contributed by atoms with Gasteiger partial charge in [-0.3, -0.25) is 0 Å². The summed E-state index contributed by atoms with van der Waals surface area (Å²) < 4.78 is 11.2. The van der Waals surface area contributed by atoms with E-state index in [0.29, 0.717) is 47.9 Å². The Labute approximate surface area is 755 Å². The van der Waals surface area contributed by atoms with Crippen LogP contribution in [0.1, 0.15) is 252 Å². The van der Waals surface area contributed by atoms with Gasteiger partial charge in [0.15, 0.2) is 0 Å². The molecular formula is C108H143N15O2. The van der Waals surface area contributed by atoms with Gasteiger partial charge in [0.2, 0.25) is 0 Å². The molecule has 0 amide bonds. The Bertz CT molecular complexity index is 4730. The van der Waals surface area contributed by atoms with Crippen LogP contribution in [0.2, 0.25) is 0 Å². The summed E-state index contributed by atoms with van der Waals surface area (Å²) in [5.41, 5.74) is 15.2. The third kappa shape index (κ3) is 42.9. The zero-order valence-corrected chi connectivity index (χ0v) is 79.5. The number of anilines is 6. The average molecular weight is 1680 g/mol. The Morgan fingerprint density at radius 2 is 0.640 bits per heavy atom. The Balaban J connectivity index is 0.000000531. The molecule has 0 heterocycles. The van der Waals surface area contributed by atoms with E-state index in [1.807, 2.05) is 154 Å². The molecule has 0 bridgehead atoms. The molecule has 0 N–H and O–H groups in total. The molecule has 17 nitrogen and oxygen atoms in total. The summed E-state index contributed by atoms with van der Waals surface area (Å²) in [6.07, 6.45) is 25.9. The normalized spacial score (nSPS) is 10.4. The van der Waals surface area contributed by atoms with E-state index >= 15 is 0 Å². The topological polar surface area (TPSA) is 273 Å². The Morgan fingerprint density at radius 3 is 1.00 bits per heavy atom. The molecule has 6 rings (SSSR count). The molecule has 0 aliphatic heterocycles. The van der Waals surface area contributed by atoms with Crippen molar-refractivity contribution in [3.05, 3.63) is 194 Å². The number of ether oxygens (including phenoxy) is 2. The summed E-state index contributed by atoms with van der Waals surface area (Å²) in [4.78, 5) is 12.0. The van der Waals surface area contributed by atoms with Crippen molar-refractivity contribution in [2.24, 2.45) is 41.4 Å². The molecule has 0 saturated heterocycles. The minimum Gasteiger partial charge on any atom is -0.496 e. The number of aryl methyl sites for hydroxylation is 3. The molecule has 1 unspecified atom stereocenters. The highest BCUT2D eigenvalue weighted by molar-refractivity contribution is 5.73. The Hall–Kier alpha value is -12.5. The first-order valence-corrected chi connectivity index (χ1v) is 45.1. The number of unbranched alkanes of at least 4 members (excludes halogenated alkanes) is 8. The van der Waals surface area contributed by atoms with Crippen LogP contribution in [0.5, 0.6) is 11.5 Å². The van der Waals surface area contributed by atoms with E-state index in [1.54, 1.807) is 37.5 Å². The maximum absolute atomic E-state index is 8.97. The number of nitriles is 10. The van der Waals surface area contributed by atoms with E-state index < -0.39 is 0 Å². The van der Waals surface area contributed by atoms with Gasteiger partial charge in [0.1, 0.15) is 100 Å². The molecular weight excluding hydrogens is 1540 g/mol. The fourth-order valence-electron chi connectivity index (χ4n) is 13.8. The van der Waals surface area contributed by atoms with E-state index in [4.69, 9.17) is 62.1 Å². The summed E-state index contributed by atoms with van der Waals surface area (Å²) in [5, 5.41) is 89.2. The van der Waals surface area contributed by atoms with Gasteiger partial charge in [0, 0.05) is 105 Å². The number of methoxy groups -OCH3 is 1. The third-order valence-corrected chi connectivity index (χ3v) is 20.3. The molecule has 6 aromatic rings. The van der Waals surface area contributed by atoms with Gasteiger partial charge in [0.05, 0.1) is 13.7 Å². The second-order valence-corrected chi connectivity index (χ2v) is 34.5. The van der Waals surface area contributed by atoms with Crippen molar-refractivity contribution < 1.29 is 9.47 Å². The molecule has 0 aromatic heterocycles. The zero-order valence-electron chi connectivity index (χ0n) is 79.5. The van der Waals surface area contributed by atoms with Crippen molar-refractivity contribution in [1.82, 2.24) is 0 Å². The van der Waals surface area contributed by atoms with Crippen LogP contribution in [0.25, 0.3) is 30.4 Å². The number of benzene rings is 6. The van der Waals surface area contributed by atoms with Crippen LogP contribution in [0.3, 0.4) is 0 Å². The molecule has 0 saturated carbocycles. The van der Waals surface area contributed by atoms with Crippen molar-refractivity contribution >= 4 is 64.5 Å². The highest BCUT2D eigenvalue weighted by Crippen LogP contribution is 2.33. The van der Waals surface area contributed by atoms with Gasteiger partial charge >= 0.3 is 0 Å². The molecule has 0 aliphatic carbocycles. The molecule has 125 heavy (non-hydrogen) atoms. The Kier molecular flexibility index (Phi) is 54.4. The second-order valence-electron chi connectivity index (χ2n) is 34.5. The molecule has 1 atom stereocenters. The first-order chi connectivity index (χ1) is 59.9. The van der Waals surface area contributed by atoms with Crippen LogP contribution in [0.15, 0.2) is 149 Å². The molecule has 0 spiro atoms.